The van der Waals surface area contributed by atoms with Crippen LogP contribution in [0.15, 0.2) is 21.8 Å². The number of piperazine rings is 1. The van der Waals surface area contributed by atoms with Gasteiger partial charge in [0.15, 0.2) is 5.96 Å². The molecular formula is C19H33N5O4S. The summed E-state index contributed by atoms with van der Waals surface area (Å²) in [6.45, 7) is 9.34. The summed E-state index contributed by atoms with van der Waals surface area (Å²) in [6, 6.07) is 1.59. The van der Waals surface area contributed by atoms with Crippen molar-refractivity contribution in [2.75, 3.05) is 52.5 Å². The average Bonchev–Trinajstić information content (AvgIpc) is 3.30. The van der Waals surface area contributed by atoms with Gasteiger partial charge in [-0.15, -0.1) is 0 Å². The van der Waals surface area contributed by atoms with Gasteiger partial charge in [0, 0.05) is 58.5 Å². The van der Waals surface area contributed by atoms with Gasteiger partial charge in [-0.3, -0.25) is 4.99 Å². The fraction of sp³-hybridized carbons (Fsp3) is 0.789. The Labute approximate surface area is 173 Å². The molecule has 2 heterocycles. The minimum Gasteiger partial charge on any atom is -0.382 e. The zero-order valence-corrected chi connectivity index (χ0v) is 18.3. The van der Waals surface area contributed by atoms with Crippen LogP contribution in [0.5, 0.6) is 0 Å². The quantitative estimate of drug-likeness (QED) is 0.341. The Morgan fingerprint density at radius 2 is 2.07 bits per heavy atom. The van der Waals surface area contributed by atoms with Crippen LogP contribution in [0.4, 0.5) is 0 Å². The molecule has 1 aliphatic heterocycles. The van der Waals surface area contributed by atoms with Gasteiger partial charge < -0.3 is 19.5 Å². The van der Waals surface area contributed by atoms with Crippen molar-refractivity contribution in [3.05, 3.63) is 18.0 Å². The van der Waals surface area contributed by atoms with Gasteiger partial charge in [0.1, 0.15) is 12.0 Å². The molecule has 1 saturated heterocycles. The number of rotatable bonds is 10. The van der Waals surface area contributed by atoms with Crippen LogP contribution < -0.4 is 5.32 Å². The van der Waals surface area contributed by atoms with Crippen molar-refractivity contribution >= 4 is 16.0 Å². The SMILES string of the molecule is CCNC(=NCC1(CCOCC)CC1)N1CCN(S(=O)(=O)Cc2ccon2)CC1. The van der Waals surface area contributed by atoms with Gasteiger partial charge in [0.05, 0.1) is 5.69 Å². The Kier molecular flexibility index (Phi) is 7.53. The maximum Gasteiger partial charge on any atom is 0.220 e. The zero-order valence-electron chi connectivity index (χ0n) is 17.5. The van der Waals surface area contributed by atoms with E-state index in [0.717, 1.165) is 38.7 Å². The average molecular weight is 428 g/mol. The monoisotopic (exact) mass is 427 g/mol. The number of ether oxygens (including phenoxy) is 1. The predicted octanol–water partition coefficient (Wildman–Crippen LogP) is 1.29. The molecule has 0 unspecified atom stereocenters. The Hall–Kier alpha value is -1.65. The zero-order chi connectivity index (χ0) is 20.7. The van der Waals surface area contributed by atoms with Gasteiger partial charge in [0.25, 0.3) is 0 Å². The first kappa shape index (κ1) is 22.0. The first-order valence-corrected chi connectivity index (χ1v) is 12.1. The predicted molar refractivity (Wildman–Crippen MR) is 111 cm³/mol. The van der Waals surface area contributed by atoms with E-state index in [-0.39, 0.29) is 5.75 Å². The summed E-state index contributed by atoms with van der Waals surface area (Å²) < 4.78 is 37.0. The van der Waals surface area contributed by atoms with E-state index in [9.17, 15) is 8.42 Å². The number of nitrogens with one attached hydrogen (secondary N) is 1. The molecule has 2 fully saturated rings. The van der Waals surface area contributed by atoms with E-state index < -0.39 is 10.0 Å². The molecule has 0 spiro atoms. The number of aromatic nitrogens is 1. The second kappa shape index (κ2) is 9.90. The van der Waals surface area contributed by atoms with E-state index in [4.69, 9.17) is 14.3 Å². The lowest BCUT2D eigenvalue weighted by molar-refractivity contribution is 0.129. The number of nitrogens with zero attached hydrogens (tertiary/aromatic N) is 4. The lowest BCUT2D eigenvalue weighted by Crippen LogP contribution is -2.54. The van der Waals surface area contributed by atoms with Crippen molar-refractivity contribution in [2.45, 2.75) is 38.9 Å². The third-order valence-corrected chi connectivity index (χ3v) is 7.40. The lowest BCUT2D eigenvalue weighted by atomic mass is 10.0. The van der Waals surface area contributed by atoms with E-state index in [1.165, 1.54) is 23.4 Å². The largest absolute Gasteiger partial charge is 0.382 e. The van der Waals surface area contributed by atoms with Gasteiger partial charge in [-0.1, -0.05) is 5.16 Å². The molecule has 0 radical (unpaired) electrons. The van der Waals surface area contributed by atoms with E-state index in [0.29, 0.717) is 37.3 Å². The molecule has 0 aromatic carbocycles. The molecule has 1 saturated carbocycles. The molecule has 164 valence electrons. The van der Waals surface area contributed by atoms with Crippen LogP contribution in [-0.2, 0) is 20.5 Å². The molecule has 0 atom stereocenters. The maximum atomic E-state index is 12.6. The highest BCUT2D eigenvalue weighted by atomic mass is 32.2. The van der Waals surface area contributed by atoms with E-state index in [2.05, 4.69) is 22.3 Å². The van der Waals surface area contributed by atoms with Crippen LogP contribution in [0, 0.1) is 5.41 Å². The van der Waals surface area contributed by atoms with Crippen molar-refractivity contribution in [2.24, 2.45) is 10.4 Å². The van der Waals surface area contributed by atoms with Crippen LogP contribution >= 0.6 is 0 Å². The molecule has 2 aliphatic rings. The highest BCUT2D eigenvalue weighted by Crippen LogP contribution is 2.49. The molecule has 29 heavy (non-hydrogen) atoms. The Balaban J connectivity index is 1.54. The van der Waals surface area contributed by atoms with Crippen LogP contribution in [0.1, 0.15) is 38.8 Å². The topological polar surface area (TPSA) is 100 Å². The third kappa shape index (κ3) is 6.16. The molecule has 10 heteroatoms. The Bertz CT molecular complexity index is 754. The van der Waals surface area contributed by atoms with Gasteiger partial charge in [0.2, 0.25) is 10.0 Å². The fourth-order valence-electron chi connectivity index (χ4n) is 3.53. The first-order valence-electron chi connectivity index (χ1n) is 10.5. The number of hydrogen-bond donors (Lipinski definition) is 1. The number of sulfonamides is 1. The van der Waals surface area contributed by atoms with Crippen LogP contribution in [-0.4, -0.2) is 81.2 Å². The lowest BCUT2D eigenvalue weighted by Gasteiger charge is -2.36. The van der Waals surface area contributed by atoms with Gasteiger partial charge in [-0.05, 0) is 38.5 Å². The normalized spacial score (nSPS) is 20.1. The fourth-order valence-corrected chi connectivity index (χ4v) is 4.96. The number of hydrogen-bond acceptors (Lipinski definition) is 6. The second-order valence-electron chi connectivity index (χ2n) is 7.75. The highest BCUT2D eigenvalue weighted by Gasteiger charge is 2.42. The van der Waals surface area contributed by atoms with Crippen LogP contribution in [0.2, 0.25) is 0 Å². The minimum atomic E-state index is -3.40. The van der Waals surface area contributed by atoms with Crippen molar-refractivity contribution in [1.29, 1.82) is 0 Å². The summed E-state index contributed by atoms with van der Waals surface area (Å²) in [6.07, 6.45) is 4.86. The van der Waals surface area contributed by atoms with Crippen molar-refractivity contribution < 1.29 is 17.7 Å². The van der Waals surface area contributed by atoms with Crippen LogP contribution in [0.3, 0.4) is 0 Å². The summed E-state index contributed by atoms with van der Waals surface area (Å²) in [5, 5.41) is 7.08. The maximum absolute atomic E-state index is 12.6. The van der Waals surface area contributed by atoms with Crippen molar-refractivity contribution in [3.63, 3.8) is 0 Å². The summed E-state index contributed by atoms with van der Waals surface area (Å²) in [4.78, 5) is 7.04. The molecule has 1 aromatic heterocycles. The summed E-state index contributed by atoms with van der Waals surface area (Å²) >= 11 is 0. The number of aliphatic imine (C=N–C) groups is 1. The Morgan fingerprint density at radius 1 is 1.31 bits per heavy atom. The molecule has 1 aromatic rings. The standard InChI is InChI=1S/C19H33N5O4S/c1-3-20-18(21-16-19(6-7-19)8-14-27-4-2)23-9-11-24(12-10-23)29(25,26)15-17-5-13-28-22-17/h5,13H,3-4,6-12,14-16H2,1-2H3,(H,20,21). The minimum absolute atomic E-state index is 0.125. The first-order chi connectivity index (χ1) is 14.0. The Morgan fingerprint density at radius 3 is 2.66 bits per heavy atom. The van der Waals surface area contributed by atoms with Crippen molar-refractivity contribution in [1.82, 2.24) is 19.7 Å². The van der Waals surface area contributed by atoms with Crippen molar-refractivity contribution in [3.8, 4) is 0 Å². The smallest absolute Gasteiger partial charge is 0.220 e. The summed E-state index contributed by atoms with van der Waals surface area (Å²) in [7, 11) is -3.40. The molecule has 0 bridgehead atoms. The van der Waals surface area contributed by atoms with Gasteiger partial charge in [-0.2, -0.15) is 4.31 Å². The third-order valence-electron chi connectivity index (χ3n) is 5.59. The molecule has 1 aliphatic carbocycles. The summed E-state index contributed by atoms with van der Waals surface area (Å²) in [5.74, 6) is 0.753. The summed E-state index contributed by atoms with van der Waals surface area (Å²) in [5.41, 5.74) is 0.725. The van der Waals surface area contributed by atoms with Crippen LogP contribution in [0.25, 0.3) is 0 Å². The number of guanidine groups is 1. The molecule has 3 rings (SSSR count). The van der Waals surface area contributed by atoms with Gasteiger partial charge >= 0.3 is 0 Å². The molecular weight excluding hydrogens is 394 g/mol. The van der Waals surface area contributed by atoms with Gasteiger partial charge in [-0.25, -0.2) is 8.42 Å². The molecule has 0 amide bonds. The molecule has 9 nitrogen and oxygen atoms in total. The van der Waals surface area contributed by atoms with E-state index >= 15 is 0 Å². The molecule has 1 N–H and O–H groups in total. The van der Waals surface area contributed by atoms with E-state index in [1.54, 1.807) is 6.07 Å². The second-order valence-corrected chi connectivity index (χ2v) is 9.72. The van der Waals surface area contributed by atoms with E-state index in [1.807, 2.05) is 6.92 Å². The highest BCUT2D eigenvalue weighted by molar-refractivity contribution is 7.88.